The van der Waals surface area contributed by atoms with E-state index in [-0.39, 0.29) is 21.7 Å². The number of thiophene rings is 1. The molecule has 1 N–H and O–H groups in total. The Labute approximate surface area is 161 Å². The molecule has 0 fully saturated rings. The molecule has 3 rings (SSSR count). The molecule has 0 radical (unpaired) electrons. The zero-order valence-corrected chi connectivity index (χ0v) is 16.6. The summed E-state index contributed by atoms with van der Waals surface area (Å²) in [5.41, 5.74) is 0. The van der Waals surface area contributed by atoms with Crippen LogP contribution in [0, 0.1) is 5.82 Å². The first-order valence-corrected chi connectivity index (χ1v) is 10.7. The van der Waals surface area contributed by atoms with Gasteiger partial charge in [0.1, 0.15) is 5.82 Å². The van der Waals surface area contributed by atoms with Crippen LogP contribution in [0.2, 0.25) is 0 Å². The monoisotopic (exact) mass is 409 g/mol. The molecule has 0 atom stereocenters. The van der Waals surface area contributed by atoms with Gasteiger partial charge in [-0.2, -0.15) is 4.98 Å². The summed E-state index contributed by atoms with van der Waals surface area (Å²) in [6.07, 6.45) is 0.804. The standard InChI is InChI=1S/C18H20FN3O3S2/c1-22(2)11-4-10-20-17-18(21-16(25-17)15-5-3-12-26-15)27(23,24)14-8-6-13(19)7-9-14/h3,5-9,12,20H,4,10-11H2,1-2H3. The van der Waals surface area contributed by atoms with E-state index >= 15 is 0 Å². The molecule has 0 saturated carbocycles. The maximum atomic E-state index is 13.2. The topological polar surface area (TPSA) is 75.4 Å². The number of rotatable bonds is 8. The van der Waals surface area contributed by atoms with Crippen LogP contribution in [0.4, 0.5) is 10.3 Å². The van der Waals surface area contributed by atoms with Crippen LogP contribution < -0.4 is 5.32 Å². The van der Waals surface area contributed by atoms with Crippen molar-refractivity contribution in [1.29, 1.82) is 0 Å². The average molecular weight is 410 g/mol. The Hall–Kier alpha value is -2.23. The van der Waals surface area contributed by atoms with Gasteiger partial charge in [0.2, 0.25) is 26.6 Å². The predicted molar refractivity (Wildman–Crippen MR) is 103 cm³/mol. The molecular formula is C18H20FN3O3S2. The lowest BCUT2D eigenvalue weighted by Gasteiger charge is -2.10. The highest BCUT2D eigenvalue weighted by atomic mass is 32.2. The Bertz CT molecular complexity index is 982. The number of hydrogen-bond donors (Lipinski definition) is 1. The zero-order valence-electron chi connectivity index (χ0n) is 15.0. The van der Waals surface area contributed by atoms with Crippen LogP contribution in [0.1, 0.15) is 6.42 Å². The number of benzene rings is 1. The molecule has 6 nitrogen and oxygen atoms in total. The van der Waals surface area contributed by atoms with Gasteiger partial charge in [0.15, 0.2) is 0 Å². The lowest BCUT2D eigenvalue weighted by Crippen LogP contribution is -2.17. The summed E-state index contributed by atoms with van der Waals surface area (Å²) < 4.78 is 44.9. The quantitative estimate of drug-likeness (QED) is 0.451. The minimum Gasteiger partial charge on any atom is -0.418 e. The number of sulfone groups is 1. The average Bonchev–Trinajstić information content (AvgIpc) is 3.28. The second-order valence-electron chi connectivity index (χ2n) is 6.17. The van der Waals surface area contributed by atoms with Gasteiger partial charge in [-0.1, -0.05) is 6.07 Å². The summed E-state index contributed by atoms with van der Waals surface area (Å²) in [6.45, 7) is 1.38. The number of nitrogens with zero attached hydrogens (tertiary/aromatic N) is 2. The SMILES string of the molecule is CN(C)CCCNc1oc(-c2cccs2)nc1S(=O)(=O)c1ccc(F)cc1. The van der Waals surface area contributed by atoms with Crippen LogP contribution in [0.5, 0.6) is 0 Å². The Morgan fingerprint density at radius 3 is 2.59 bits per heavy atom. The molecule has 144 valence electrons. The molecule has 0 aliphatic heterocycles. The fourth-order valence-electron chi connectivity index (χ4n) is 2.43. The molecular weight excluding hydrogens is 389 g/mol. The molecule has 0 aliphatic rings. The summed E-state index contributed by atoms with van der Waals surface area (Å²) in [6, 6.07) is 8.30. The van der Waals surface area contributed by atoms with E-state index < -0.39 is 15.7 Å². The molecule has 2 aromatic heterocycles. The first-order chi connectivity index (χ1) is 12.9. The van der Waals surface area contributed by atoms with Gasteiger partial charge in [0.05, 0.1) is 9.77 Å². The van der Waals surface area contributed by atoms with Crippen LogP contribution in [-0.2, 0) is 9.84 Å². The first kappa shape index (κ1) is 19.5. The molecule has 0 aliphatic carbocycles. The van der Waals surface area contributed by atoms with E-state index in [1.165, 1.54) is 23.5 Å². The van der Waals surface area contributed by atoms with Crippen molar-refractivity contribution in [2.45, 2.75) is 16.3 Å². The highest BCUT2D eigenvalue weighted by Crippen LogP contribution is 2.34. The third-order valence-corrected chi connectivity index (χ3v) is 6.31. The van der Waals surface area contributed by atoms with Crippen molar-refractivity contribution in [3.8, 4) is 10.8 Å². The molecule has 2 heterocycles. The molecule has 0 spiro atoms. The summed E-state index contributed by atoms with van der Waals surface area (Å²) in [5.74, 6) is -0.169. The maximum Gasteiger partial charge on any atom is 0.240 e. The number of oxazole rings is 1. The van der Waals surface area contributed by atoms with Crippen LogP contribution in [0.25, 0.3) is 10.8 Å². The van der Waals surface area contributed by atoms with Crippen molar-refractivity contribution in [2.24, 2.45) is 0 Å². The van der Waals surface area contributed by atoms with Gasteiger partial charge in [-0.05, 0) is 62.8 Å². The van der Waals surface area contributed by atoms with E-state index in [2.05, 4.69) is 10.3 Å². The van der Waals surface area contributed by atoms with E-state index in [9.17, 15) is 12.8 Å². The van der Waals surface area contributed by atoms with Crippen LogP contribution in [-0.4, -0.2) is 45.5 Å². The van der Waals surface area contributed by atoms with Gasteiger partial charge in [0.25, 0.3) is 0 Å². The van der Waals surface area contributed by atoms with Gasteiger partial charge >= 0.3 is 0 Å². The minimum atomic E-state index is -3.95. The van der Waals surface area contributed by atoms with Gasteiger partial charge in [-0.15, -0.1) is 11.3 Å². The summed E-state index contributed by atoms with van der Waals surface area (Å²) in [5, 5.41) is 4.70. The molecule has 0 saturated heterocycles. The largest absolute Gasteiger partial charge is 0.418 e. The van der Waals surface area contributed by atoms with Crippen LogP contribution in [0.3, 0.4) is 0 Å². The number of aromatic nitrogens is 1. The number of nitrogens with one attached hydrogen (secondary N) is 1. The molecule has 0 unspecified atom stereocenters. The Morgan fingerprint density at radius 1 is 1.22 bits per heavy atom. The minimum absolute atomic E-state index is 0.0359. The highest BCUT2D eigenvalue weighted by molar-refractivity contribution is 7.91. The Balaban J connectivity index is 1.95. The second-order valence-corrected chi connectivity index (χ2v) is 8.98. The second kappa shape index (κ2) is 8.20. The number of anilines is 1. The van der Waals surface area contributed by atoms with Crippen molar-refractivity contribution in [2.75, 3.05) is 32.5 Å². The van der Waals surface area contributed by atoms with Gasteiger partial charge < -0.3 is 14.6 Å². The fourth-order valence-corrected chi connectivity index (χ4v) is 4.36. The van der Waals surface area contributed by atoms with Crippen molar-refractivity contribution in [3.63, 3.8) is 0 Å². The first-order valence-electron chi connectivity index (χ1n) is 8.32. The van der Waals surface area contributed by atoms with Crippen molar-refractivity contribution in [3.05, 3.63) is 47.6 Å². The van der Waals surface area contributed by atoms with Crippen molar-refractivity contribution < 1.29 is 17.2 Å². The fraction of sp³-hybridized carbons (Fsp3) is 0.278. The van der Waals surface area contributed by atoms with E-state index in [0.717, 1.165) is 30.0 Å². The Kier molecular flexibility index (Phi) is 5.93. The predicted octanol–water partition coefficient (Wildman–Crippen LogP) is 3.74. The van der Waals surface area contributed by atoms with Gasteiger partial charge in [-0.25, -0.2) is 12.8 Å². The number of halogens is 1. The van der Waals surface area contributed by atoms with Crippen molar-refractivity contribution in [1.82, 2.24) is 9.88 Å². The highest BCUT2D eigenvalue weighted by Gasteiger charge is 2.28. The molecule has 3 aromatic rings. The van der Waals surface area contributed by atoms with Crippen LogP contribution in [0.15, 0.2) is 56.1 Å². The Morgan fingerprint density at radius 2 is 1.96 bits per heavy atom. The molecule has 9 heteroatoms. The smallest absolute Gasteiger partial charge is 0.240 e. The van der Waals surface area contributed by atoms with E-state index in [0.29, 0.717) is 6.54 Å². The summed E-state index contributed by atoms with van der Waals surface area (Å²) >= 11 is 1.40. The van der Waals surface area contributed by atoms with Crippen molar-refractivity contribution >= 4 is 27.1 Å². The summed E-state index contributed by atoms with van der Waals surface area (Å²) in [7, 11) is -0.0178. The third kappa shape index (κ3) is 4.55. The number of hydrogen-bond acceptors (Lipinski definition) is 7. The molecule has 27 heavy (non-hydrogen) atoms. The van der Waals surface area contributed by atoms with E-state index in [1.807, 2.05) is 30.4 Å². The van der Waals surface area contributed by atoms with Gasteiger partial charge in [-0.3, -0.25) is 0 Å². The molecule has 0 amide bonds. The lowest BCUT2D eigenvalue weighted by atomic mass is 10.4. The van der Waals surface area contributed by atoms with E-state index in [4.69, 9.17) is 4.42 Å². The zero-order chi connectivity index (χ0) is 19.4. The molecule has 0 bridgehead atoms. The summed E-state index contributed by atoms with van der Waals surface area (Å²) in [4.78, 5) is 6.96. The molecule has 1 aromatic carbocycles. The van der Waals surface area contributed by atoms with Crippen LogP contribution >= 0.6 is 11.3 Å². The third-order valence-electron chi connectivity index (χ3n) is 3.77. The van der Waals surface area contributed by atoms with E-state index in [1.54, 1.807) is 6.07 Å². The normalized spacial score (nSPS) is 11.9. The maximum absolute atomic E-state index is 13.2. The lowest BCUT2D eigenvalue weighted by molar-refractivity contribution is 0.404. The van der Waals surface area contributed by atoms with Gasteiger partial charge in [0, 0.05) is 6.54 Å².